The molecule has 1 heterocycles. The standard InChI is InChI=1S/C11H21N/c1-2-3-5-8-11-9-6-4-7-10-12-11/h2,11-12H,1,3-10H2. The minimum absolute atomic E-state index is 0.799. The van der Waals surface area contributed by atoms with Gasteiger partial charge in [0.25, 0.3) is 0 Å². The van der Waals surface area contributed by atoms with Crippen molar-refractivity contribution in [3.8, 4) is 0 Å². The maximum Gasteiger partial charge on any atom is 0.00671 e. The molecule has 1 N–H and O–H groups in total. The normalized spacial score (nSPS) is 24.8. The van der Waals surface area contributed by atoms with Crippen molar-refractivity contribution < 1.29 is 0 Å². The van der Waals surface area contributed by atoms with E-state index in [9.17, 15) is 0 Å². The second-order valence-electron chi connectivity index (χ2n) is 3.72. The molecule has 0 radical (unpaired) electrons. The molecule has 1 heteroatoms. The molecule has 1 atom stereocenters. The second-order valence-corrected chi connectivity index (χ2v) is 3.72. The van der Waals surface area contributed by atoms with E-state index < -0.39 is 0 Å². The quantitative estimate of drug-likeness (QED) is 0.501. The molecule has 12 heavy (non-hydrogen) atoms. The lowest BCUT2D eigenvalue weighted by Gasteiger charge is -2.14. The predicted octanol–water partition coefficient (Wildman–Crippen LogP) is 2.87. The maximum absolute atomic E-state index is 3.74. The monoisotopic (exact) mass is 167 g/mol. The minimum Gasteiger partial charge on any atom is -0.314 e. The lowest BCUT2D eigenvalue weighted by atomic mass is 10.0. The molecule has 0 aromatic rings. The van der Waals surface area contributed by atoms with Gasteiger partial charge in [0.05, 0.1) is 0 Å². The van der Waals surface area contributed by atoms with Crippen LogP contribution >= 0.6 is 0 Å². The smallest absolute Gasteiger partial charge is 0.00671 e. The molecule has 1 aliphatic rings. The Bertz CT molecular complexity index is 112. The fraction of sp³-hybridized carbons (Fsp3) is 0.818. The first-order valence-corrected chi connectivity index (χ1v) is 5.28. The average Bonchev–Trinajstić information content (AvgIpc) is 2.33. The van der Waals surface area contributed by atoms with Crippen molar-refractivity contribution in [2.45, 2.75) is 51.0 Å². The zero-order chi connectivity index (χ0) is 8.65. The molecule has 1 saturated heterocycles. The van der Waals surface area contributed by atoms with E-state index in [1.54, 1.807) is 0 Å². The molecule has 70 valence electrons. The van der Waals surface area contributed by atoms with Crippen LogP contribution in [0.5, 0.6) is 0 Å². The van der Waals surface area contributed by atoms with Crippen LogP contribution in [0, 0.1) is 0 Å². The molecule has 0 saturated carbocycles. The molecular formula is C11H21N. The van der Waals surface area contributed by atoms with Crippen LogP contribution in [0.1, 0.15) is 44.9 Å². The summed E-state index contributed by atoms with van der Waals surface area (Å²) in [7, 11) is 0. The Labute approximate surface area is 76.2 Å². The molecule has 0 bridgehead atoms. The number of unbranched alkanes of at least 4 members (excludes halogenated alkanes) is 1. The molecule has 1 unspecified atom stereocenters. The Morgan fingerprint density at radius 1 is 1.33 bits per heavy atom. The van der Waals surface area contributed by atoms with Crippen LogP contribution in [0.3, 0.4) is 0 Å². The number of hydrogen-bond donors (Lipinski definition) is 1. The third-order valence-corrected chi connectivity index (χ3v) is 2.62. The van der Waals surface area contributed by atoms with Crippen LogP contribution < -0.4 is 5.32 Å². The van der Waals surface area contributed by atoms with Gasteiger partial charge < -0.3 is 5.32 Å². The largest absolute Gasteiger partial charge is 0.314 e. The van der Waals surface area contributed by atoms with Gasteiger partial charge in [0.2, 0.25) is 0 Å². The predicted molar refractivity (Wildman–Crippen MR) is 54.3 cm³/mol. The first-order chi connectivity index (χ1) is 5.93. The van der Waals surface area contributed by atoms with E-state index in [-0.39, 0.29) is 0 Å². The first kappa shape index (κ1) is 9.79. The summed E-state index contributed by atoms with van der Waals surface area (Å²) in [4.78, 5) is 0. The van der Waals surface area contributed by atoms with Crippen molar-refractivity contribution in [2.24, 2.45) is 0 Å². The number of hydrogen-bond acceptors (Lipinski definition) is 1. The number of nitrogens with one attached hydrogen (secondary N) is 1. The summed E-state index contributed by atoms with van der Waals surface area (Å²) in [6.45, 7) is 4.98. The zero-order valence-electron chi connectivity index (χ0n) is 8.02. The van der Waals surface area contributed by atoms with Crippen molar-refractivity contribution in [1.29, 1.82) is 0 Å². The van der Waals surface area contributed by atoms with Gasteiger partial charge in [-0.25, -0.2) is 0 Å². The Balaban J connectivity index is 2.07. The molecular weight excluding hydrogens is 146 g/mol. The highest BCUT2D eigenvalue weighted by atomic mass is 14.9. The van der Waals surface area contributed by atoms with Gasteiger partial charge in [-0.15, -0.1) is 6.58 Å². The minimum atomic E-state index is 0.799. The van der Waals surface area contributed by atoms with Crippen molar-refractivity contribution >= 4 is 0 Å². The van der Waals surface area contributed by atoms with E-state index in [4.69, 9.17) is 0 Å². The summed E-state index contributed by atoms with van der Waals surface area (Å²) in [6, 6.07) is 0.799. The van der Waals surface area contributed by atoms with Gasteiger partial charge in [0.15, 0.2) is 0 Å². The molecule has 1 nitrogen and oxygen atoms in total. The van der Waals surface area contributed by atoms with Crippen LogP contribution in [0.2, 0.25) is 0 Å². The fourth-order valence-corrected chi connectivity index (χ4v) is 1.86. The highest BCUT2D eigenvalue weighted by Gasteiger charge is 2.09. The van der Waals surface area contributed by atoms with Gasteiger partial charge >= 0.3 is 0 Å². The van der Waals surface area contributed by atoms with Gasteiger partial charge in [-0.2, -0.15) is 0 Å². The molecule has 0 aromatic carbocycles. The molecule has 1 rings (SSSR count). The topological polar surface area (TPSA) is 12.0 Å². The second kappa shape index (κ2) is 6.24. The summed E-state index contributed by atoms with van der Waals surface area (Å²) < 4.78 is 0. The SMILES string of the molecule is C=CCCCC1CCCCCN1. The highest BCUT2D eigenvalue weighted by molar-refractivity contribution is 4.73. The van der Waals surface area contributed by atoms with Gasteiger partial charge in [0, 0.05) is 6.04 Å². The first-order valence-electron chi connectivity index (χ1n) is 5.28. The van der Waals surface area contributed by atoms with Crippen molar-refractivity contribution in [2.75, 3.05) is 6.54 Å². The van der Waals surface area contributed by atoms with Crippen LogP contribution in [-0.4, -0.2) is 12.6 Å². The highest BCUT2D eigenvalue weighted by Crippen LogP contribution is 2.13. The summed E-state index contributed by atoms with van der Waals surface area (Å²) in [5, 5.41) is 3.61. The van der Waals surface area contributed by atoms with E-state index in [2.05, 4.69) is 11.9 Å². The van der Waals surface area contributed by atoms with Crippen LogP contribution in [-0.2, 0) is 0 Å². The zero-order valence-corrected chi connectivity index (χ0v) is 8.02. The van der Waals surface area contributed by atoms with Gasteiger partial charge in [-0.3, -0.25) is 0 Å². The van der Waals surface area contributed by atoms with Gasteiger partial charge in [0.1, 0.15) is 0 Å². The van der Waals surface area contributed by atoms with E-state index in [0.717, 1.165) is 6.04 Å². The van der Waals surface area contributed by atoms with Gasteiger partial charge in [-0.05, 0) is 38.6 Å². The average molecular weight is 167 g/mol. The summed E-state index contributed by atoms with van der Waals surface area (Å²) >= 11 is 0. The molecule has 0 aromatic heterocycles. The van der Waals surface area contributed by atoms with Crippen molar-refractivity contribution in [1.82, 2.24) is 5.32 Å². The Hall–Kier alpha value is -0.300. The van der Waals surface area contributed by atoms with E-state index in [1.807, 2.05) is 6.08 Å². The lowest BCUT2D eigenvalue weighted by molar-refractivity contribution is 0.466. The number of rotatable bonds is 4. The molecule has 1 fully saturated rings. The summed E-state index contributed by atoms with van der Waals surface area (Å²) in [5.74, 6) is 0. The Morgan fingerprint density at radius 3 is 3.08 bits per heavy atom. The number of allylic oxidation sites excluding steroid dienone is 1. The third-order valence-electron chi connectivity index (χ3n) is 2.62. The molecule has 0 spiro atoms. The van der Waals surface area contributed by atoms with Crippen molar-refractivity contribution in [3.63, 3.8) is 0 Å². The lowest BCUT2D eigenvalue weighted by Crippen LogP contribution is -2.27. The van der Waals surface area contributed by atoms with Crippen molar-refractivity contribution in [3.05, 3.63) is 12.7 Å². The van der Waals surface area contributed by atoms with Crippen LogP contribution in [0.4, 0.5) is 0 Å². The summed E-state index contributed by atoms with van der Waals surface area (Å²) in [6.07, 6.45) is 11.5. The molecule has 1 aliphatic heterocycles. The Kier molecular flexibility index (Phi) is 5.09. The third kappa shape index (κ3) is 3.91. The maximum atomic E-state index is 3.74. The van der Waals surface area contributed by atoms with E-state index in [0.29, 0.717) is 0 Å². The van der Waals surface area contributed by atoms with Gasteiger partial charge in [-0.1, -0.05) is 18.9 Å². The summed E-state index contributed by atoms with van der Waals surface area (Å²) in [5.41, 5.74) is 0. The van der Waals surface area contributed by atoms with E-state index >= 15 is 0 Å². The van der Waals surface area contributed by atoms with Crippen LogP contribution in [0.15, 0.2) is 12.7 Å². The van der Waals surface area contributed by atoms with Crippen LogP contribution in [0.25, 0.3) is 0 Å². The van der Waals surface area contributed by atoms with E-state index in [1.165, 1.54) is 51.5 Å². The molecule has 0 aliphatic carbocycles. The fourth-order valence-electron chi connectivity index (χ4n) is 1.86. The molecule has 0 amide bonds. The Morgan fingerprint density at radius 2 is 2.25 bits per heavy atom.